The third-order valence-electron chi connectivity index (χ3n) is 4.06. The molecule has 2 fully saturated rings. The van der Waals surface area contributed by atoms with Crippen LogP contribution in [0, 0.1) is 11.8 Å². The first-order valence-corrected chi connectivity index (χ1v) is 6.87. The van der Waals surface area contributed by atoms with Gasteiger partial charge in [-0.25, -0.2) is 0 Å². The van der Waals surface area contributed by atoms with E-state index in [0.717, 1.165) is 38.5 Å². The van der Waals surface area contributed by atoms with Crippen LogP contribution in [0.3, 0.4) is 0 Å². The molecule has 1 N–H and O–H groups in total. The van der Waals surface area contributed by atoms with Crippen LogP contribution in [0.2, 0.25) is 5.02 Å². The Morgan fingerprint density at radius 3 is 3.00 bits per heavy atom. The Morgan fingerprint density at radius 1 is 1.33 bits per heavy atom. The molecular weight excluding hydrogens is 248 g/mol. The largest absolute Gasteiger partial charge is 0.338 e. The summed E-state index contributed by atoms with van der Waals surface area (Å²) in [6, 6.07) is 7.22. The highest BCUT2D eigenvalue weighted by Gasteiger charge is 2.34. The van der Waals surface area contributed by atoms with Gasteiger partial charge in [0.1, 0.15) is 0 Å². The Balaban J connectivity index is 1.73. The first kappa shape index (κ1) is 12.0. The average Bonchev–Trinajstić information content (AvgIpc) is 2.85. The summed E-state index contributed by atoms with van der Waals surface area (Å²) in [5.74, 6) is 1.50. The van der Waals surface area contributed by atoms with E-state index in [4.69, 9.17) is 11.6 Å². The summed E-state index contributed by atoms with van der Waals surface area (Å²) in [7, 11) is 0. The van der Waals surface area contributed by atoms with Crippen molar-refractivity contribution in [2.24, 2.45) is 11.8 Å². The van der Waals surface area contributed by atoms with E-state index >= 15 is 0 Å². The number of carbonyl (C=O) groups excluding carboxylic acids is 1. The van der Waals surface area contributed by atoms with Crippen molar-refractivity contribution in [1.82, 2.24) is 10.2 Å². The van der Waals surface area contributed by atoms with Crippen molar-refractivity contribution in [3.63, 3.8) is 0 Å². The van der Waals surface area contributed by atoms with Crippen LogP contribution in [0.5, 0.6) is 0 Å². The highest BCUT2D eigenvalue weighted by atomic mass is 35.5. The van der Waals surface area contributed by atoms with Crippen molar-refractivity contribution in [3.05, 3.63) is 34.9 Å². The number of piperidine rings is 1. The van der Waals surface area contributed by atoms with Crippen molar-refractivity contribution in [1.29, 1.82) is 0 Å². The third kappa shape index (κ3) is 2.25. The van der Waals surface area contributed by atoms with Gasteiger partial charge in [-0.3, -0.25) is 4.79 Å². The van der Waals surface area contributed by atoms with Gasteiger partial charge in [0.15, 0.2) is 0 Å². The van der Waals surface area contributed by atoms with Gasteiger partial charge in [-0.2, -0.15) is 0 Å². The van der Waals surface area contributed by atoms with E-state index in [0.29, 0.717) is 16.5 Å². The van der Waals surface area contributed by atoms with Gasteiger partial charge in [0.25, 0.3) is 5.91 Å². The van der Waals surface area contributed by atoms with Crippen molar-refractivity contribution in [3.8, 4) is 0 Å². The smallest absolute Gasteiger partial charge is 0.253 e. The second kappa shape index (κ2) is 4.90. The zero-order valence-electron chi connectivity index (χ0n) is 10.2. The molecule has 0 radical (unpaired) electrons. The molecule has 4 heteroatoms. The van der Waals surface area contributed by atoms with Crippen LogP contribution < -0.4 is 5.32 Å². The van der Waals surface area contributed by atoms with Gasteiger partial charge >= 0.3 is 0 Å². The molecule has 2 saturated heterocycles. The SMILES string of the molecule is O=C(c1cccc(Cl)c1)N1CC[C@H]2CNC[C@@H]2C1. The predicted octanol–water partition coefficient (Wildman–Crippen LogP) is 2.02. The number of hydrogen-bond acceptors (Lipinski definition) is 2. The molecule has 2 aliphatic rings. The quantitative estimate of drug-likeness (QED) is 0.842. The maximum Gasteiger partial charge on any atom is 0.253 e. The van der Waals surface area contributed by atoms with Gasteiger partial charge in [-0.15, -0.1) is 0 Å². The van der Waals surface area contributed by atoms with Crippen molar-refractivity contribution >= 4 is 17.5 Å². The number of halogens is 1. The van der Waals surface area contributed by atoms with Crippen LogP contribution >= 0.6 is 11.6 Å². The first-order valence-electron chi connectivity index (χ1n) is 6.49. The van der Waals surface area contributed by atoms with E-state index in [1.54, 1.807) is 12.1 Å². The number of hydrogen-bond donors (Lipinski definition) is 1. The molecule has 1 aromatic rings. The molecule has 1 aromatic carbocycles. The summed E-state index contributed by atoms with van der Waals surface area (Å²) in [5.41, 5.74) is 0.701. The lowest BCUT2D eigenvalue weighted by molar-refractivity contribution is 0.0642. The zero-order valence-corrected chi connectivity index (χ0v) is 11.0. The molecule has 1 amide bonds. The maximum absolute atomic E-state index is 12.4. The number of carbonyl (C=O) groups is 1. The summed E-state index contributed by atoms with van der Waals surface area (Å²) < 4.78 is 0. The highest BCUT2D eigenvalue weighted by molar-refractivity contribution is 6.30. The summed E-state index contributed by atoms with van der Waals surface area (Å²) in [6.45, 7) is 3.91. The third-order valence-corrected chi connectivity index (χ3v) is 4.30. The number of nitrogens with zero attached hydrogens (tertiary/aromatic N) is 1. The summed E-state index contributed by atoms with van der Waals surface area (Å²) in [4.78, 5) is 14.4. The van der Waals surface area contributed by atoms with E-state index in [1.807, 2.05) is 17.0 Å². The van der Waals surface area contributed by atoms with Crippen LogP contribution in [0.15, 0.2) is 24.3 Å². The molecule has 2 atom stereocenters. The van der Waals surface area contributed by atoms with E-state index in [9.17, 15) is 4.79 Å². The van der Waals surface area contributed by atoms with Gasteiger partial charge in [0, 0.05) is 23.7 Å². The molecular formula is C14H17ClN2O. The number of rotatable bonds is 1. The molecule has 18 heavy (non-hydrogen) atoms. The maximum atomic E-state index is 12.4. The Labute approximate surface area is 112 Å². The minimum absolute atomic E-state index is 0.114. The molecule has 3 rings (SSSR count). The summed E-state index contributed by atoms with van der Waals surface area (Å²) in [6.07, 6.45) is 1.12. The number of fused-ring (bicyclic) bond motifs is 1. The van der Waals surface area contributed by atoms with Crippen molar-refractivity contribution in [2.45, 2.75) is 6.42 Å². The lowest BCUT2D eigenvalue weighted by Gasteiger charge is -2.34. The number of benzene rings is 1. The topological polar surface area (TPSA) is 32.3 Å². The highest BCUT2D eigenvalue weighted by Crippen LogP contribution is 2.27. The van der Waals surface area contributed by atoms with Crippen LogP contribution in [0.4, 0.5) is 0 Å². The molecule has 3 nitrogen and oxygen atoms in total. The Hall–Kier alpha value is -1.06. The molecule has 96 valence electrons. The average molecular weight is 265 g/mol. The van der Waals surface area contributed by atoms with Crippen molar-refractivity contribution < 1.29 is 4.79 Å². The second-order valence-electron chi connectivity index (χ2n) is 5.23. The minimum atomic E-state index is 0.114. The van der Waals surface area contributed by atoms with E-state index in [1.165, 1.54) is 0 Å². The van der Waals surface area contributed by atoms with Gasteiger partial charge in [-0.1, -0.05) is 17.7 Å². The fraction of sp³-hybridized carbons (Fsp3) is 0.500. The molecule has 2 aliphatic heterocycles. The van der Waals surface area contributed by atoms with E-state index < -0.39 is 0 Å². The molecule has 0 unspecified atom stereocenters. The molecule has 0 bridgehead atoms. The fourth-order valence-electron chi connectivity index (χ4n) is 3.02. The minimum Gasteiger partial charge on any atom is -0.338 e. The summed E-state index contributed by atoms with van der Waals surface area (Å²) >= 11 is 5.94. The fourth-order valence-corrected chi connectivity index (χ4v) is 3.21. The summed E-state index contributed by atoms with van der Waals surface area (Å²) in [5, 5.41) is 4.04. The Kier molecular flexibility index (Phi) is 3.27. The monoisotopic (exact) mass is 264 g/mol. The van der Waals surface area contributed by atoms with Crippen LogP contribution in [0.1, 0.15) is 16.8 Å². The van der Waals surface area contributed by atoms with Crippen LogP contribution in [0.25, 0.3) is 0 Å². The van der Waals surface area contributed by atoms with Crippen LogP contribution in [-0.2, 0) is 0 Å². The van der Waals surface area contributed by atoms with Gasteiger partial charge in [-0.05, 0) is 49.5 Å². The molecule has 0 aromatic heterocycles. The van der Waals surface area contributed by atoms with Gasteiger partial charge in [0.05, 0.1) is 0 Å². The van der Waals surface area contributed by atoms with Crippen molar-refractivity contribution in [2.75, 3.05) is 26.2 Å². The lowest BCUT2D eigenvalue weighted by Crippen LogP contribution is -2.43. The zero-order chi connectivity index (χ0) is 12.5. The normalized spacial score (nSPS) is 27.1. The Bertz CT molecular complexity index is 463. The molecule has 0 saturated carbocycles. The van der Waals surface area contributed by atoms with Crippen LogP contribution in [-0.4, -0.2) is 37.0 Å². The standard InChI is InChI=1S/C14H17ClN2O/c15-13-3-1-2-10(6-13)14(18)17-5-4-11-7-16-8-12(11)9-17/h1-3,6,11-12,16H,4-5,7-9H2/t11-,12+/m0/s1. The molecule has 0 aliphatic carbocycles. The predicted molar refractivity (Wildman–Crippen MR) is 71.8 cm³/mol. The second-order valence-corrected chi connectivity index (χ2v) is 5.67. The number of amides is 1. The van der Waals surface area contributed by atoms with E-state index in [-0.39, 0.29) is 5.91 Å². The number of nitrogens with one attached hydrogen (secondary N) is 1. The molecule has 0 spiro atoms. The van der Waals surface area contributed by atoms with E-state index in [2.05, 4.69) is 5.32 Å². The van der Waals surface area contributed by atoms with Gasteiger partial charge < -0.3 is 10.2 Å². The number of likely N-dealkylation sites (tertiary alicyclic amines) is 1. The Morgan fingerprint density at radius 2 is 2.17 bits per heavy atom. The molecule has 2 heterocycles. The first-order chi connectivity index (χ1) is 8.74. The lowest BCUT2D eigenvalue weighted by atomic mass is 9.88. The van der Waals surface area contributed by atoms with Gasteiger partial charge in [0.2, 0.25) is 0 Å².